The molecule has 0 saturated carbocycles. The number of hydrogen-bond acceptors (Lipinski definition) is 5. The van der Waals surface area contributed by atoms with Crippen LogP contribution in [0.5, 0.6) is 0 Å². The fourth-order valence-electron chi connectivity index (χ4n) is 2.31. The third-order valence-electron chi connectivity index (χ3n) is 3.41. The number of carbonyl (C=O) groups is 1. The molecule has 104 valence electrons. The van der Waals surface area contributed by atoms with Crippen molar-refractivity contribution >= 4 is 11.7 Å². The molecule has 0 atom stereocenters. The van der Waals surface area contributed by atoms with Crippen molar-refractivity contribution in [2.45, 2.75) is 25.8 Å². The molecular formula is C13H20N4O2. The molecule has 0 aliphatic carbocycles. The number of anilines is 1. The number of carbonyl (C=O) groups excluding carboxylic acids is 1. The Morgan fingerprint density at radius 1 is 1.47 bits per heavy atom. The van der Waals surface area contributed by atoms with Crippen molar-refractivity contribution in [2.75, 3.05) is 25.7 Å². The van der Waals surface area contributed by atoms with Crippen LogP contribution in [0.25, 0.3) is 0 Å². The Hall–Kier alpha value is -1.66. The van der Waals surface area contributed by atoms with Crippen LogP contribution in [0.2, 0.25) is 0 Å². The number of nitrogen functional groups attached to an aromatic ring is 1. The Morgan fingerprint density at radius 3 is 2.79 bits per heavy atom. The average molecular weight is 264 g/mol. The third-order valence-corrected chi connectivity index (χ3v) is 3.41. The predicted molar refractivity (Wildman–Crippen MR) is 72.7 cm³/mol. The number of hydrogen-bond donors (Lipinski definition) is 2. The summed E-state index contributed by atoms with van der Waals surface area (Å²) >= 11 is 0. The molecule has 2 heterocycles. The number of nitrogens with one attached hydrogen (secondary N) is 1. The van der Waals surface area contributed by atoms with Crippen LogP contribution in [-0.4, -0.2) is 42.1 Å². The second kappa shape index (κ2) is 5.99. The summed E-state index contributed by atoms with van der Waals surface area (Å²) in [5.74, 6) is 5.85. The van der Waals surface area contributed by atoms with Crippen molar-refractivity contribution in [3.8, 4) is 0 Å². The van der Waals surface area contributed by atoms with Crippen molar-refractivity contribution in [3.05, 3.63) is 23.4 Å². The van der Waals surface area contributed by atoms with Gasteiger partial charge >= 0.3 is 0 Å². The lowest BCUT2D eigenvalue weighted by Gasteiger charge is -2.31. The van der Waals surface area contributed by atoms with E-state index in [1.807, 2.05) is 14.0 Å². The molecule has 1 amide bonds. The van der Waals surface area contributed by atoms with Crippen LogP contribution in [0.4, 0.5) is 5.82 Å². The van der Waals surface area contributed by atoms with E-state index in [2.05, 4.69) is 10.4 Å². The minimum Gasteiger partial charge on any atom is -0.381 e. The Balaban J connectivity index is 2.15. The van der Waals surface area contributed by atoms with Gasteiger partial charge < -0.3 is 15.1 Å². The quantitative estimate of drug-likeness (QED) is 0.627. The molecule has 3 N–H and O–H groups in total. The second-order valence-electron chi connectivity index (χ2n) is 4.79. The summed E-state index contributed by atoms with van der Waals surface area (Å²) in [6.45, 7) is 3.27. The first-order chi connectivity index (χ1) is 9.11. The van der Waals surface area contributed by atoms with Gasteiger partial charge in [0.25, 0.3) is 5.91 Å². The predicted octanol–water partition coefficient (Wildman–Crippen LogP) is 0.927. The van der Waals surface area contributed by atoms with Crippen molar-refractivity contribution in [1.82, 2.24) is 9.88 Å². The molecule has 0 unspecified atom stereocenters. The summed E-state index contributed by atoms with van der Waals surface area (Å²) in [7, 11) is 1.84. The lowest BCUT2D eigenvalue weighted by Crippen LogP contribution is -2.40. The Kier molecular flexibility index (Phi) is 4.34. The molecule has 2 rings (SSSR count). The Bertz CT molecular complexity index is 458. The van der Waals surface area contributed by atoms with Crippen LogP contribution in [-0.2, 0) is 4.74 Å². The smallest absolute Gasteiger partial charge is 0.254 e. The van der Waals surface area contributed by atoms with Gasteiger partial charge in [-0.3, -0.25) is 4.79 Å². The molecule has 1 saturated heterocycles. The number of ether oxygens (including phenoxy) is 1. The van der Waals surface area contributed by atoms with E-state index in [1.165, 1.54) is 0 Å². The van der Waals surface area contributed by atoms with Gasteiger partial charge in [0, 0.05) is 37.6 Å². The van der Waals surface area contributed by atoms with Crippen molar-refractivity contribution < 1.29 is 9.53 Å². The number of amides is 1. The Morgan fingerprint density at radius 2 is 2.16 bits per heavy atom. The van der Waals surface area contributed by atoms with Crippen molar-refractivity contribution in [3.63, 3.8) is 0 Å². The van der Waals surface area contributed by atoms with Gasteiger partial charge in [-0.25, -0.2) is 10.8 Å². The standard InChI is InChI=1S/C13H20N4O2/c1-9-7-10(8-12(15-9)16-14)13(18)17(2)11-3-5-19-6-4-11/h7-8,11H,3-6,14H2,1-2H3,(H,15,16). The molecule has 1 fully saturated rings. The summed E-state index contributed by atoms with van der Waals surface area (Å²) in [4.78, 5) is 18.4. The summed E-state index contributed by atoms with van der Waals surface area (Å²) in [5, 5.41) is 0. The maximum absolute atomic E-state index is 12.5. The fraction of sp³-hybridized carbons (Fsp3) is 0.538. The minimum atomic E-state index is -0.00565. The molecule has 0 aromatic carbocycles. The first-order valence-electron chi connectivity index (χ1n) is 6.42. The van der Waals surface area contributed by atoms with Gasteiger partial charge in [0.2, 0.25) is 0 Å². The molecule has 0 bridgehead atoms. The van der Waals surface area contributed by atoms with Crippen molar-refractivity contribution in [2.24, 2.45) is 5.84 Å². The fourth-order valence-corrected chi connectivity index (χ4v) is 2.31. The van der Waals surface area contributed by atoms with Gasteiger partial charge in [-0.2, -0.15) is 0 Å². The first-order valence-corrected chi connectivity index (χ1v) is 6.42. The lowest BCUT2D eigenvalue weighted by atomic mass is 10.1. The molecule has 1 aromatic rings. The summed E-state index contributed by atoms with van der Waals surface area (Å²) in [6, 6.07) is 3.69. The molecule has 1 aromatic heterocycles. The normalized spacial score (nSPS) is 16.2. The number of aryl methyl sites for hydroxylation is 1. The SMILES string of the molecule is Cc1cc(C(=O)N(C)C2CCOCC2)cc(NN)n1. The second-order valence-corrected chi connectivity index (χ2v) is 4.79. The molecule has 6 nitrogen and oxygen atoms in total. The highest BCUT2D eigenvalue weighted by Gasteiger charge is 2.23. The molecular weight excluding hydrogens is 244 g/mol. The first kappa shape index (κ1) is 13.8. The number of hydrazine groups is 1. The summed E-state index contributed by atoms with van der Waals surface area (Å²) < 4.78 is 5.32. The highest BCUT2D eigenvalue weighted by atomic mass is 16.5. The van der Waals surface area contributed by atoms with E-state index in [0.717, 1.165) is 18.5 Å². The largest absolute Gasteiger partial charge is 0.381 e. The van der Waals surface area contributed by atoms with Gasteiger partial charge in [0.15, 0.2) is 0 Å². The van der Waals surface area contributed by atoms with Crippen LogP contribution in [0, 0.1) is 6.92 Å². The van der Waals surface area contributed by atoms with Crippen LogP contribution >= 0.6 is 0 Å². The highest BCUT2D eigenvalue weighted by Crippen LogP contribution is 2.17. The van der Waals surface area contributed by atoms with Crippen LogP contribution in [0.15, 0.2) is 12.1 Å². The number of pyridine rings is 1. The van der Waals surface area contributed by atoms with E-state index in [-0.39, 0.29) is 11.9 Å². The number of nitrogens with zero attached hydrogens (tertiary/aromatic N) is 2. The van der Waals surface area contributed by atoms with Gasteiger partial charge in [-0.05, 0) is 31.9 Å². The van der Waals surface area contributed by atoms with E-state index in [4.69, 9.17) is 10.6 Å². The number of aromatic nitrogens is 1. The van der Waals surface area contributed by atoms with E-state index < -0.39 is 0 Å². The molecule has 0 spiro atoms. The molecule has 1 aliphatic heterocycles. The lowest BCUT2D eigenvalue weighted by molar-refractivity contribution is 0.0362. The van der Waals surface area contributed by atoms with Gasteiger partial charge in [-0.1, -0.05) is 0 Å². The van der Waals surface area contributed by atoms with E-state index in [9.17, 15) is 4.79 Å². The van der Waals surface area contributed by atoms with E-state index in [1.54, 1.807) is 17.0 Å². The molecule has 6 heteroatoms. The summed E-state index contributed by atoms with van der Waals surface area (Å²) in [5.41, 5.74) is 3.85. The highest BCUT2D eigenvalue weighted by molar-refractivity contribution is 5.95. The average Bonchev–Trinajstić information content (AvgIpc) is 2.46. The zero-order valence-corrected chi connectivity index (χ0v) is 11.3. The van der Waals surface area contributed by atoms with Gasteiger partial charge in [0.1, 0.15) is 5.82 Å². The maximum Gasteiger partial charge on any atom is 0.254 e. The van der Waals surface area contributed by atoms with Crippen molar-refractivity contribution in [1.29, 1.82) is 0 Å². The van der Waals surface area contributed by atoms with Gasteiger partial charge in [0.05, 0.1) is 0 Å². The number of rotatable bonds is 3. The van der Waals surface area contributed by atoms with Crippen LogP contribution in [0.1, 0.15) is 28.9 Å². The monoisotopic (exact) mass is 264 g/mol. The topological polar surface area (TPSA) is 80.5 Å². The zero-order chi connectivity index (χ0) is 13.8. The van der Waals surface area contributed by atoms with Gasteiger partial charge in [-0.15, -0.1) is 0 Å². The molecule has 1 aliphatic rings. The van der Waals surface area contributed by atoms with Crippen LogP contribution < -0.4 is 11.3 Å². The maximum atomic E-state index is 12.5. The van der Waals surface area contributed by atoms with E-state index >= 15 is 0 Å². The summed E-state index contributed by atoms with van der Waals surface area (Å²) in [6.07, 6.45) is 1.77. The zero-order valence-electron chi connectivity index (χ0n) is 11.3. The minimum absolute atomic E-state index is 0.00565. The molecule has 0 radical (unpaired) electrons. The Labute approximate surface area is 112 Å². The third kappa shape index (κ3) is 3.21. The van der Waals surface area contributed by atoms with E-state index in [0.29, 0.717) is 24.6 Å². The number of nitrogens with two attached hydrogens (primary N) is 1. The molecule has 19 heavy (non-hydrogen) atoms. The van der Waals surface area contributed by atoms with Crippen LogP contribution in [0.3, 0.4) is 0 Å².